The van der Waals surface area contributed by atoms with Crippen LogP contribution in [0, 0.1) is 5.92 Å². The number of likely N-dealkylation sites (tertiary alicyclic amines) is 1. The molecule has 0 spiro atoms. The van der Waals surface area contributed by atoms with E-state index in [1.165, 1.54) is 18.1 Å². The van der Waals surface area contributed by atoms with E-state index in [4.69, 9.17) is 24.9 Å². The third kappa shape index (κ3) is 6.28. The van der Waals surface area contributed by atoms with Crippen molar-refractivity contribution < 1.29 is 23.8 Å². The number of hydrogen-bond donors (Lipinski definition) is 1. The number of imidazole rings is 1. The fourth-order valence-electron chi connectivity index (χ4n) is 4.84. The van der Waals surface area contributed by atoms with Crippen LogP contribution in [0.4, 0.5) is 5.82 Å². The van der Waals surface area contributed by atoms with Crippen molar-refractivity contribution in [2.75, 3.05) is 46.3 Å². The normalized spacial score (nSPS) is 16.1. The summed E-state index contributed by atoms with van der Waals surface area (Å²) in [5, 5.41) is 0.753. The predicted octanol–water partition coefficient (Wildman–Crippen LogP) is 3.17. The van der Waals surface area contributed by atoms with E-state index in [1.807, 2.05) is 12.1 Å². The summed E-state index contributed by atoms with van der Waals surface area (Å²) in [6.45, 7) is 3.93. The molecule has 1 saturated heterocycles. The zero-order chi connectivity index (χ0) is 28.4. The fraction of sp³-hybridized carbons (Fsp3) is 0.500. The first-order valence-electron chi connectivity index (χ1n) is 13.1. The lowest BCUT2D eigenvalue weighted by molar-refractivity contribution is -0.160. The van der Waals surface area contributed by atoms with Gasteiger partial charge in [0.25, 0.3) is 5.91 Å². The van der Waals surface area contributed by atoms with Crippen molar-refractivity contribution in [3.05, 3.63) is 22.9 Å². The number of aromatic nitrogens is 4. The molecule has 2 aliphatic rings. The van der Waals surface area contributed by atoms with E-state index >= 15 is 0 Å². The molecule has 2 N–H and O–H groups in total. The highest BCUT2D eigenvalue weighted by molar-refractivity contribution is 9.10. The molecule has 0 aliphatic carbocycles. The van der Waals surface area contributed by atoms with Crippen LogP contribution >= 0.6 is 27.7 Å². The topological polar surface area (TPSA) is 138 Å². The number of carbonyl (C=O) groups excluding carboxylic acids is 2. The Morgan fingerprint density at radius 1 is 1.23 bits per heavy atom. The van der Waals surface area contributed by atoms with Crippen LogP contribution in [0.15, 0.2) is 33.0 Å². The molecule has 2 aliphatic heterocycles. The SMILES string of the molecule is CC(OC(=O)CN(C)C)C(=O)N1CCC(CCn2c(Sc3cc4c(cc3Br)OCO4)nc3c(N)ncnc32)CC1. The zero-order valence-electron chi connectivity index (χ0n) is 22.6. The number of esters is 1. The molecule has 4 heterocycles. The lowest BCUT2D eigenvalue weighted by Crippen LogP contribution is -2.45. The second kappa shape index (κ2) is 12.2. The lowest BCUT2D eigenvalue weighted by atomic mass is 9.93. The van der Waals surface area contributed by atoms with Gasteiger partial charge in [0, 0.05) is 29.0 Å². The maximum absolute atomic E-state index is 12.8. The number of fused-ring (bicyclic) bond motifs is 2. The van der Waals surface area contributed by atoms with Crippen LogP contribution in [-0.2, 0) is 20.9 Å². The van der Waals surface area contributed by atoms with Gasteiger partial charge in [0.15, 0.2) is 39.7 Å². The van der Waals surface area contributed by atoms with Crippen LogP contribution in [0.2, 0.25) is 0 Å². The highest BCUT2D eigenvalue weighted by atomic mass is 79.9. The van der Waals surface area contributed by atoms with Crippen molar-refractivity contribution in [3.8, 4) is 11.5 Å². The van der Waals surface area contributed by atoms with Gasteiger partial charge < -0.3 is 29.4 Å². The largest absolute Gasteiger partial charge is 0.454 e. The number of likely N-dealkylation sites (N-methyl/N-ethyl adjacent to an activating group) is 1. The molecule has 3 aromatic rings. The number of nitrogens with zero attached hydrogens (tertiary/aromatic N) is 6. The van der Waals surface area contributed by atoms with Gasteiger partial charge >= 0.3 is 5.97 Å². The van der Waals surface area contributed by atoms with Gasteiger partial charge in [-0.3, -0.25) is 14.5 Å². The van der Waals surface area contributed by atoms with Crippen LogP contribution in [0.1, 0.15) is 26.2 Å². The summed E-state index contributed by atoms with van der Waals surface area (Å²) in [6.07, 6.45) is 3.29. The second-order valence-electron chi connectivity index (χ2n) is 10.1. The number of carbonyl (C=O) groups is 2. The quantitative estimate of drug-likeness (QED) is 0.348. The molecule has 40 heavy (non-hydrogen) atoms. The van der Waals surface area contributed by atoms with E-state index in [-0.39, 0.29) is 19.2 Å². The van der Waals surface area contributed by atoms with Crippen LogP contribution in [0.5, 0.6) is 11.5 Å². The number of aryl methyl sites for hydroxylation is 1. The Kier molecular flexibility index (Phi) is 8.66. The van der Waals surface area contributed by atoms with Crippen LogP contribution in [0.25, 0.3) is 11.2 Å². The smallest absolute Gasteiger partial charge is 0.320 e. The molecule has 1 aromatic carbocycles. The van der Waals surface area contributed by atoms with Crippen molar-refractivity contribution >= 4 is 56.6 Å². The molecule has 1 unspecified atom stereocenters. The average molecular weight is 635 g/mol. The van der Waals surface area contributed by atoms with Crippen LogP contribution < -0.4 is 15.2 Å². The number of halogens is 1. The molecule has 12 nitrogen and oxygen atoms in total. The number of nitrogens with two attached hydrogens (primary N) is 1. The molecule has 214 valence electrons. The van der Waals surface area contributed by atoms with Crippen molar-refractivity contribution in [2.24, 2.45) is 5.92 Å². The number of benzene rings is 1. The summed E-state index contributed by atoms with van der Waals surface area (Å²) in [4.78, 5) is 42.6. The predicted molar refractivity (Wildman–Crippen MR) is 152 cm³/mol. The highest BCUT2D eigenvalue weighted by Crippen LogP contribution is 2.43. The Morgan fingerprint density at radius 3 is 2.67 bits per heavy atom. The number of amides is 1. The Balaban J connectivity index is 1.24. The van der Waals surface area contributed by atoms with Gasteiger partial charge in [0.05, 0.1) is 6.54 Å². The van der Waals surface area contributed by atoms with Crippen molar-refractivity contribution in [3.63, 3.8) is 0 Å². The molecule has 2 aromatic heterocycles. The minimum absolute atomic E-state index is 0.144. The first-order chi connectivity index (χ1) is 19.2. The molecule has 0 bridgehead atoms. The molecule has 1 atom stereocenters. The molecular weight excluding hydrogens is 602 g/mol. The molecular formula is C26H32BrN7O5S. The van der Waals surface area contributed by atoms with Gasteiger partial charge in [-0.05, 0) is 74.3 Å². The minimum atomic E-state index is -0.790. The highest BCUT2D eigenvalue weighted by Gasteiger charge is 2.29. The monoisotopic (exact) mass is 633 g/mol. The number of hydrogen-bond acceptors (Lipinski definition) is 11. The number of rotatable bonds is 9. The van der Waals surface area contributed by atoms with Gasteiger partial charge in [-0.15, -0.1) is 0 Å². The summed E-state index contributed by atoms with van der Waals surface area (Å²) in [5.74, 6) is 1.59. The van der Waals surface area contributed by atoms with Crippen LogP contribution in [0.3, 0.4) is 0 Å². The molecule has 1 amide bonds. The summed E-state index contributed by atoms with van der Waals surface area (Å²) >= 11 is 5.13. The third-order valence-corrected chi connectivity index (χ3v) is 8.91. The van der Waals surface area contributed by atoms with Gasteiger partial charge in [-0.1, -0.05) is 11.8 Å². The summed E-state index contributed by atoms with van der Waals surface area (Å²) in [5.41, 5.74) is 7.40. The molecule has 1 fully saturated rings. The summed E-state index contributed by atoms with van der Waals surface area (Å²) < 4.78 is 19.3. The second-order valence-corrected chi connectivity index (χ2v) is 12.0. The Bertz CT molecular complexity index is 1410. The Labute approximate surface area is 244 Å². The summed E-state index contributed by atoms with van der Waals surface area (Å²) in [7, 11) is 3.57. The van der Waals surface area contributed by atoms with E-state index in [1.54, 1.807) is 30.8 Å². The van der Waals surface area contributed by atoms with Gasteiger partial charge in [-0.2, -0.15) is 0 Å². The third-order valence-electron chi connectivity index (χ3n) is 6.94. The van der Waals surface area contributed by atoms with E-state index < -0.39 is 12.1 Å². The van der Waals surface area contributed by atoms with Gasteiger partial charge in [0.2, 0.25) is 6.79 Å². The molecule has 0 radical (unpaired) electrons. The van der Waals surface area contributed by atoms with E-state index in [2.05, 4.69) is 30.5 Å². The van der Waals surface area contributed by atoms with Crippen molar-refractivity contribution in [1.82, 2.24) is 29.3 Å². The number of ether oxygens (including phenoxy) is 3. The lowest BCUT2D eigenvalue weighted by Gasteiger charge is -2.33. The maximum atomic E-state index is 12.8. The fourth-order valence-corrected chi connectivity index (χ4v) is 6.35. The first kappa shape index (κ1) is 28.4. The van der Waals surface area contributed by atoms with E-state index in [0.29, 0.717) is 54.0 Å². The number of anilines is 1. The molecule has 0 saturated carbocycles. The average Bonchev–Trinajstić information content (AvgIpc) is 3.51. The number of nitrogen functional groups attached to an aromatic ring is 1. The van der Waals surface area contributed by atoms with Gasteiger partial charge in [-0.25, -0.2) is 15.0 Å². The standard InChI is InChI=1S/C26H32BrN7O5S/c1-15(39-21(35)12-32(2)3)25(36)33-7-4-16(5-8-33)6-9-34-24-22(23(28)29-13-30-24)31-26(34)40-20-11-19-18(10-17(20)27)37-14-38-19/h10-11,13,15-16H,4-9,12,14H2,1-3H3,(H2,28,29,30). The van der Waals surface area contributed by atoms with Gasteiger partial charge in [0.1, 0.15) is 6.33 Å². The van der Waals surface area contributed by atoms with Crippen LogP contribution in [-0.4, -0.2) is 87.8 Å². The minimum Gasteiger partial charge on any atom is -0.454 e. The maximum Gasteiger partial charge on any atom is 0.320 e. The Morgan fingerprint density at radius 2 is 1.95 bits per heavy atom. The Hall–Kier alpha value is -3.10. The molecule has 5 rings (SSSR count). The van der Waals surface area contributed by atoms with Crippen molar-refractivity contribution in [2.45, 2.75) is 48.9 Å². The zero-order valence-corrected chi connectivity index (χ0v) is 25.0. The van der Waals surface area contributed by atoms with E-state index in [9.17, 15) is 9.59 Å². The molecule has 14 heteroatoms. The first-order valence-corrected chi connectivity index (χ1v) is 14.7. The summed E-state index contributed by atoms with van der Waals surface area (Å²) in [6, 6.07) is 3.83. The number of piperidine rings is 1. The van der Waals surface area contributed by atoms with Crippen molar-refractivity contribution in [1.29, 1.82) is 0 Å². The van der Waals surface area contributed by atoms with E-state index in [0.717, 1.165) is 33.8 Å².